The van der Waals surface area contributed by atoms with Crippen molar-refractivity contribution in [2.75, 3.05) is 23.5 Å². The number of aliphatic carboxylic acids is 1. The van der Waals surface area contributed by atoms with Crippen LogP contribution in [0.3, 0.4) is 0 Å². The molecule has 0 radical (unpaired) electrons. The molecule has 3 N–H and O–H groups in total. The number of carbonyl (C=O) groups excluding carboxylic acids is 3. The van der Waals surface area contributed by atoms with Crippen molar-refractivity contribution in [2.45, 2.75) is 17.7 Å². The Bertz CT molecular complexity index is 1070. The fourth-order valence-corrected chi connectivity index (χ4v) is 4.16. The fourth-order valence-electron chi connectivity index (χ4n) is 3.46. The Morgan fingerprint density at radius 1 is 0.970 bits per heavy atom. The zero-order chi connectivity index (χ0) is 23.8. The van der Waals surface area contributed by atoms with Crippen molar-refractivity contribution in [3.63, 3.8) is 0 Å². The van der Waals surface area contributed by atoms with Crippen LogP contribution in [0.5, 0.6) is 0 Å². The van der Waals surface area contributed by atoms with Crippen molar-refractivity contribution in [3.05, 3.63) is 66.2 Å². The van der Waals surface area contributed by atoms with E-state index in [2.05, 4.69) is 10.6 Å². The van der Waals surface area contributed by atoms with E-state index in [1.807, 2.05) is 6.08 Å². The van der Waals surface area contributed by atoms with Crippen molar-refractivity contribution in [1.29, 1.82) is 0 Å². The van der Waals surface area contributed by atoms with E-state index in [1.54, 1.807) is 54.6 Å². The lowest BCUT2D eigenvalue weighted by atomic mass is 9.82. The first-order valence-electron chi connectivity index (χ1n) is 10.3. The zero-order valence-electron chi connectivity index (χ0n) is 17.9. The van der Waals surface area contributed by atoms with E-state index >= 15 is 0 Å². The van der Waals surface area contributed by atoms with Gasteiger partial charge in [-0.3, -0.25) is 14.4 Å². The van der Waals surface area contributed by atoms with E-state index < -0.39 is 23.8 Å². The van der Waals surface area contributed by atoms with Gasteiger partial charge in [-0.05, 0) is 49.2 Å². The molecular weight excluding hydrogens is 444 g/mol. The Kier molecular flexibility index (Phi) is 8.26. The number of benzene rings is 2. The molecule has 2 unspecified atom stereocenters. The summed E-state index contributed by atoms with van der Waals surface area (Å²) in [7, 11) is 1.28. The SMILES string of the molecule is COC(=O)c1ccccc1NC(=O)CSc1ccc(NC(=O)C2CC=CCC2C(=O)O)cc1. The molecule has 9 heteroatoms. The number of thioether (sulfide) groups is 1. The number of nitrogens with one attached hydrogen (secondary N) is 2. The highest BCUT2D eigenvalue weighted by molar-refractivity contribution is 8.00. The van der Waals surface area contributed by atoms with Crippen molar-refractivity contribution < 1.29 is 29.0 Å². The van der Waals surface area contributed by atoms with Gasteiger partial charge in [-0.15, -0.1) is 11.8 Å². The summed E-state index contributed by atoms with van der Waals surface area (Å²) in [5.74, 6) is -3.33. The molecule has 0 fully saturated rings. The summed E-state index contributed by atoms with van der Waals surface area (Å²) < 4.78 is 4.72. The molecule has 0 aromatic heterocycles. The van der Waals surface area contributed by atoms with Crippen LogP contribution in [0, 0.1) is 11.8 Å². The Labute approximate surface area is 195 Å². The summed E-state index contributed by atoms with van der Waals surface area (Å²) in [6.07, 6.45) is 4.36. The third-order valence-corrected chi connectivity index (χ3v) is 6.20. The number of carboxylic acid groups (broad SMARTS) is 1. The van der Waals surface area contributed by atoms with E-state index in [0.717, 1.165) is 4.90 Å². The van der Waals surface area contributed by atoms with Gasteiger partial charge in [0, 0.05) is 10.6 Å². The van der Waals surface area contributed by atoms with Crippen LogP contribution >= 0.6 is 11.8 Å². The molecule has 2 aromatic rings. The monoisotopic (exact) mass is 468 g/mol. The fraction of sp³-hybridized carbons (Fsp3) is 0.250. The lowest BCUT2D eigenvalue weighted by Crippen LogP contribution is -2.34. The predicted octanol–water partition coefficient (Wildman–Crippen LogP) is 3.81. The first-order chi connectivity index (χ1) is 15.9. The summed E-state index contributed by atoms with van der Waals surface area (Å²) in [5, 5.41) is 14.8. The normalized spacial score (nSPS) is 17.1. The van der Waals surface area contributed by atoms with E-state index in [-0.39, 0.29) is 23.1 Å². The number of esters is 1. The summed E-state index contributed by atoms with van der Waals surface area (Å²) in [5.41, 5.74) is 1.21. The predicted molar refractivity (Wildman–Crippen MR) is 125 cm³/mol. The number of ether oxygens (including phenoxy) is 1. The minimum Gasteiger partial charge on any atom is -0.481 e. The molecule has 172 valence electrons. The summed E-state index contributed by atoms with van der Waals surface area (Å²) in [6, 6.07) is 13.6. The maximum Gasteiger partial charge on any atom is 0.339 e. The van der Waals surface area contributed by atoms with Crippen LogP contribution in [0.25, 0.3) is 0 Å². The van der Waals surface area contributed by atoms with E-state index in [9.17, 15) is 24.3 Å². The van der Waals surface area contributed by atoms with Crippen LogP contribution in [-0.2, 0) is 19.1 Å². The van der Waals surface area contributed by atoms with Gasteiger partial charge in [0.05, 0.1) is 35.9 Å². The number of carbonyl (C=O) groups is 4. The minimum atomic E-state index is -0.973. The molecule has 2 atom stereocenters. The van der Waals surface area contributed by atoms with Crippen LogP contribution in [-0.4, -0.2) is 41.7 Å². The largest absolute Gasteiger partial charge is 0.481 e. The van der Waals surface area contributed by atoms with E-state index in [0.29, 0.717) is 24.2 Å². The van der Waals surface area contributed by atoms with Gasteiger partial charge in [-0.2, -0.15) is 0 Å². The number of anilines is 2. The van der Waals surface area contributed by atoms with Gasteiger partial charge in [0.2, 0.25) is 11.8 Å². The molecule has 0 bridgehead atoms. The Morgan fingerprint density at radius 3 is 2.30 bits per heavy atom. The second-order valence-corrected chi connectivity index (χ2v) is 8.43. The number of hydrogen-bond acceptors (Lipinski definition) is 6. The third-order valence-electron chi connectivity index (χ3n) is 5.18. The molecule has 8 nitrogen and oxygen atoms in total. The van der Waals surface area contributed by atoms with E-state index in [1.165, 1.54) is 18.9 Å². The molecule has 33 heavy (non-hydrogen) atoms. The number of methoxy groups -OCH3 is 1. The van der Waals surface area contributed by atoms with Crippen molar-refractivity contribution in [1.82, 2.24) is 0 Å². The molecule has 0 spiro atoms. The lowest BCUT2D eigenvalue weighted by Gasteiger charge is -2.24. The van der Waals surface area contributed by atoms with Gasteiger partial charge in [-0.1, -0.05) is 24.3 Å². The van der Waals surface area contributed by atoms with Gasteiger partial charge in [0.25, 0.3) is 0 Å². The summed E-state index contributed by atoms with van der Waals surface area (Å²) >= 11 is 1.30. The second-order valence-electron chi connectivity index (χ2n) is 7.38. The Morgan fingerprint density at radius 2 is 1.64 bits per heavy atom. The van der Waals surface area contributed by atoms with Gasteiger partial charge < -0.3 is 20.5 Å². The van der Waals surface area contributed by atoms with E-state index in [4.69, 9.17) is 4.74 Å². The van der Waals surface area contributed by atoms with Crippen molar-refractivity contribution in [3.8, 4) is 0 Å². The molecular formula is C24H24N2O6S. The molecule has 1 aliphatic rings. The Hall–Kier alpha value is -3.59. The van der Waals surface area contributed by atoms with Gasteiger partial charge in [0.1, 0.15) is 0 Å². The summed E-state index contributed by atoms with van der Waals surface area (Å²) in [4.78, 5) is 48.9. The number of para-hydroxylation sites is 1. The zero-order valence-corrected chi connectivity index (χ0v) is 18.8. The maximum absolute atomic E-state index is 12.6. The number of amides is 2. The highest BCUT2D eigenvalue weighted by Crippen LogP contribution is 2.28. The van der Waals surface area contributed by atoms with Gasteiger partial charge in [-0.25, -0.2) is 4.79 Å². The van der Waals surface area contributed by atoms with Crippen molar-refractivity contribution in [2.24, 2.45) is 11.8 Å². The first-order valence-corrected chi connectivity index (χ1v) is 11.3. The van der Waals surface area contributed by atoms with Gasteiger partial charge >= 0.3 is 11.9 Å². The van der Waals surface area contributed by atoms with Crippen LogP contribution in [0.15, 0.2) is 65.6 Å². The number of hydrogen-bond donors (Lipinski definition) is 3. The molecule has 2 amide bonds. The molecule has 1 aliphatic carbocycles. The standard InChI is InChI=1S/C24H24N2O6S/c1-32-24(31)19-8-4-5-9-20(19)26-21(27)14-33-16-12-10-15(11-13-16)25-22(28)17-6-2-3-7-18(17)23(29)30/h2-5,8-13,17-18H,6-7,14H2,1H3,(H,25,28)(H,26,27)(H,29,30). The van der Waals surface area contributed by atoms with Gasteiger partial charge in [0.15, 0.2) is 0 Å². The second kappa shape index (κ2) is 11.3. The summed E-state index contributed by atoms with van der Waals surface area (Å²) in [6.45, 7) is 0. The maximum atomic E-state index is 12.6. The molecule has 0 aliphatic heterocycles. The molecule has 2 aromatic carbocycles. The van der Waals surface area contributed by atoms with Crippen LogP contribution in [0.1, 0.15) is 23.2 Å². The molecule has 0 heterocycles. The molecule has 0 saturated heterocycles. The Balaban J connectivity index is 1.53. The topological polar surface area (TPSA) is 122 Å². The lowest BCUT2D eigenvalue weighted by molar-refractivity contribution is -0.146. The third kappa shape index (κ3) is 6.45. The average molecular weight is 469 g/mol. The number of carboxylic acids is 1. The van der Waals surface area contributed by atoms with Crippen LogP contribution < -0.4 is 10.6 Å². The van der Waals surface area contributed by atoms with Crippen LogP contribution in [0.2, 0.25) is 0 Å². The highest BCUT2D eigenvalue weighted by atomic mass is 32.2. The minimum absolute atomic E-state index is 0.121. The number of allylic oxidation sites excluding steroid dienone is 2. The number of rotatable bonds is 8. The molecule has 0 saturated carbocycles. The average Bonchev–Trinajstić information content (AvgIpc) is 2.83. The smallest absolute Gasteiger partial charge is 0.339 e. The van der Waals surface area contributed by atoms with Crippen LogP contribution in [0.4, 0.5) is 11.4 Å². The quantitative estimate of drug-likeness (QED) is 0.306. The highest BCUT2D eigenvalue weighted by Gasteiger charge is 2.33. The van der Waals surface area contributed by atoms with Crippen molar-refractivity contribution >= 4 is 46.9 Å². The molecule has 3 rings (SSSR count). The first kappa shape index (κ1) is 24.1.